The molecule has 0 unspecified atom stereocenters. The SMILES string of the molecule is O=C(/C=C/C(=O)OC1CCCCC1)OCC(=O)C1CCCCC1. The van der Waals surface area contributed by atoms with Gasteiger partial charge in [0.05, 0.1) is 0 Å². The predicted octanol–water partition coefficient (Wildman–Crippen LogP) is 3.11. The summed E-state index contributed by atoms with van der Waals surface area (Å²) in [5.74, 6) is -1.18. The Morgan fingerprint density at radius 2 is 1.35 bits per heavy atom. The second-order valence-corrected chi connectivity index (χ2v) is 6.44. The zero-order valence-electron chi connectivity index (χ0n) is 13.6. The van der Waals surface area contributed by atoms with Crippen LogP contribution in [0.2, 0.25) is 0 Å². The average Bonchev–Trinajstić information content (AvgIpc) is 2.59. The lowest BCUT2D eigenvalue weighted by molar-refractivity contribution is -0.146. The van der Waals surface area contributed by atoms with Gasteiger partial charge < -0.3 is 9.47 Å². The van der Waals surface area contributed by atoms with Crippen molar-refractivity contribution in [2.75, 3.05) is 6.61 Å². The third kappa shape index (κ3) is 6.55. The van der Waals surface area contributed by atoms with Gasteiger partial charge in [-0.05, 0) is 38.5 Å². The minimum Gasteiger partial charge on any atom is -0.459 e. The van der Waals surface area contributed by atoms with Gasteiger partial charge in [0, 0.05) is 18.1 Å². The highest BCUT2D eigenvalue weighted by Gasteiger charge is 2.22. The van der Waals surface area contributed by atoms with Crippen LogP contribution in [0.4, 0.5) is 0 Å². The molecule has 0 aromatic carbocycles. The molecule has 0 aromatic rings. The Kier molecular flexibility index (Phi) is 7.30. The van der Waals surface area contributed by atoms with Gasteiger partial charge in [-0.1, -0.05) is 25.7 Å². The second kappa shape index (κ2) is 9.48. The fourth-order valence-corrected chi connectivity index (χ4v) is 3.26. The van der Waals surface area contributed by atoms with Crippen LogP contribution in [0.15, 0.2) is 12.2 Å². The van der Waals surface area contributed by atoms with Gasteiger partial charge in [0.25, 0.3) is 0 Å². The largest absolute Gasteiger partial charge is 0.459 e. The van der Waals surface area contributed by atoms with Crippen LogP contribution in [0.25, 0.3) is 0 Å². The summed E-state index contributed by atoms with van der Waals surface area (Å²) >= 11 is 0. The van der Waals surface area contributed by atoms with E-state index in [0.717, 1.165) is 63.5 Å². The second-order valence-electron chi connectivity index (χ2n) is 6.44. The van der Waals surface area contributed by atoms with Gasteiger partial charge in [-0.2, -0.15) is 0 Å². The summed E-state index contributed by atoms with van der Waals surface area (Å²) in [5, 5.41) is 0. The number of carbonyl (C=O) groups is 3. The Morgan fingerprint density at radius 1 is 0.783 bits per heavy atom. The molecule has 0 atom stereocenters. The lowest BCUT2D eigenvalue weighted by Crippen LogP contribution is -2.23. The number of ether oxygens (including phenoxy) is 2. The molecule has 0 spiro atoms. The fraction of sp³-hybridized carbons (Fsp3) is 0.722. The maximum Gasteiger partial charge on any atom is 0.331 e. The number of carbonyl (C=O) groups excluding carboxylic acids is 3. The molecule has 2 aliphatic rings. The van der Waals surface area contributed by atoms with E-state index in [1.165, 1.54) is 12.8 Å². The van der Waals surface area contributed by atoms with Crippen molar-refractivity contribution in [1.82, 2.24) is 0 Å². The first-order valence-electron chi connectivity index (χ1n) is 8.73. The van der Waals surface area contributed by atoms with E-state index in [1.54, 1.807) is 0 Å². The summed E-state index contributed by atoms with van der Waals surface area (Å²) in [6.07, 6.45) is 12.3. The zero-order valence-corrected chi connectivity index (χ0v) is 13.6. The highest BCUT2D eigenvalue weighted by Crippen LogP contribution is 2.24. The molecular weight excluding hydrogens is 296 g/mol. The lowest BCUT2D eigenvalue weighted by Gasteiger charge is -2.20. The summed E-state index contributed by atoms with van der Waals surface area (Å²) in [6, 6.07) is 0. The summed E-state index contributed by atoms with van der Waals surface area (Å²) in [7, 11) is 0. The summed E-state index contributed by atoms with van der Waals surface area (Å²) in [4.78, 5) is 35.1. The van der Waals surface area contributed by atoms with Crippen LogP contribution >= 0.6 is 0 Å². The molecule has 0 bridgehead atoms. The molecule has 0 aliphatic heterocycles. The lowest BCUT2D eigenvalue weighted by atomic mass is 9.86. The van der Waals surface area contributed by atoms with Crippen molar-refractivity contribution in [2.45, 2.75) is 70.3 Å². The number of ketones is 1. The van der Waals surface area contributed by atoms with Crippen LogP contribution < -0.4 is 0 Å². The van der Waals surface area contributed by atoms with E-state index in [4.69, 9.17) is 9.47 Å². The number of Topliss-reactive ketones (excluding diaryl/α,β-unsaturated/α-hetero) is 1. The van der Waals surface area contributed by atoms with E-state index in [-0.39, 0.29) is 24.4 Å². The molecular formula is C18H26O5. The molecule has 2 fully saturated rings. The molecule has 0 radical (unpaired) electrons. The van der Waals surface area contributed by atoms with Gasteiger partial charge in [-0.3, -0.25) is 4.79 Å². The summed E-state index contributed by atoms with van der Waals surface area (Å²) in [5.41, 5.74) is 0. The molecule has 5 heteroatoms. The van der Waals surface area contributed by atoms with Crippen LogP contribution in [0.3, 0.4) is 0 Å². The Balaban J connectivity index is 1.64. The molecule has 0 heterocycles. The maximum absolute atomic E-state index is 11.9. The van der Waals surface area contributed by atoms with Crippen LogP contribution in [-0.4, -0.2) is 30.4 Å². The van der Waals surface area contributed by atoms with Crippen LogP contribution in [0.1, 0.15) is 64.2 Å². The van der Waals surface area contributed by atoms with Crippen molar-refractivity contribution in [3.05, 3.63) is 12.2 Å². The van der Waals surface area contributed by atoms with Gasteiger partial charge in [0.15, 0.2) is 12.4 Å². The number of esters is 2. The molecule has 0 N–H and O–H groups in total. The van der Waals surface area contributed by atoms with E-state index >= 15 is 0 Å². The van der Waals surface area contributed by atoms with Crippen molar-refractivity contribution in [2.24, 2.45) is 5.92 Å². The number of hydrogen-bond donors (Lipinski definition) is 0. The number of rotatable bonds is 6. The maximum atomic E-state index is 11.9. The standard InChI is InChI=1S/C18H26O5/c19-16(14-7-3-1-4-8-14)13-22-17(20)11-12-18(21)23-15-9-5-2-6-10-15/h11-12,14-15H,1-10,13H2/b12-11+. The molecule has 2 saturated carbocycles. The topological polar surface area (TPSA) is 69.7 Å². The highest BCUT2D eigenvalue weighted by atomic mass is 16.5. The molecule has 2 rings (SSSR count). The minimum atomic E-state index is -0.672. The first kappa shape index (κ1) is 17.7. The molecule has 23 heavy (non-hydrogen) atoms. The van der Waals surface area contributed by atoms with Gasteiger partial charge in [0.1, 0.15) is 6.10 Å². The Bertz CT molecular complexity index is 442. The Hall–Kier alpha value is -1.65. The van der Waals surface area contributed by atoms with Crippen LogP contribution in [0.5, 0.6) is 0 Å². The van der Waals surface area contributed by atoms with Gasteiger partial charge >= 0.3 is 11.9 Å². The third-order valence-electron chi connectivity index (χ3n) is 4.61. The van der Waals surface area contributed by atoms with Gasteiger partial charge in [-0.25, -0.2) is 9.59 Å². The predicted molar refractivity (Wildman–Crippen MR) is 84.6 cm³/mol. The van der Waals surface area contributed by atoms with E-state index in [9.17, 15) is 14.4 Å². The van der Waals surface area contributed by atoms with Crippen molar-refractivity contribution < 1.29 is 23.9 Å². The molecule has 0 aromatic heterocycles. The first-order valence-corrected chi connectivity index (χ1v) is 8.73. The van der Waals surface area contributed by atoms with Gasteiger partial charge in [-0.15, -0.1) is 0 Å². The van der Waals surface area contributed by atoms with E-state index in [1.807, 2.05) is 0 Å². The number of hydrogen-bond acceptors (Lipinski definition) is 5. The van der Waals surface area contributed by atoms with Crippen molar-refractivity contribution >= 4 is 17.7 Å². The van der Waals surface area contributed by atoms with E-state index < -0.39 is 11.9 Å². The third-order valence-corrected chi connectivity index (χ3v) is 4.61. The Morgan fingerprint density at radius 3 is 2.00 bits per heavy atom. The smallest absolute Gasteiger partial charge is 0.331 e. The van der Waals surface area contributed by atoms with Crippen molar-refractivity contribution in [1.29, 1.82) is 0 Å². The van der Waals surface area contributed by atoms with Crippen LogP contribution in [-0.2, 0) is 23.9 Å². The van der Waals surface area contributed by atoms with Crippen LogP contribution in [0, 0.1) is 5.92 Å². The highest BCUT2D eigenvalue weighted by molar-refractivity contribution is 5.93. The molecule has 0 saturated heterocycles. The van der Waals surface area contributed by atoms with Crippen molar-refractivity contribution in [3.8, 4) is 0 Å². The van der Waals surface area contributed by atoms with Gasteiger partial charge in [0.2, 0.25) is 0 Å². The molecule has 128 valence electrons. The van der Waals surface area contributed by atoms with E-state index in [0.29, 0.717) is 0 Å². The molecule has 2 aliphatic carbocycles. The first-order chi connectivity index (χ1) is 11.1. The normalized spacial score (nSPS) is 20.3. The summed E-state index contributed by atoms with van der Waals surface area (Å²) < 4.78 is 10.2. The average molecular weight is 322 g/mol. The minimum absolute atomic E-state index is 0.0174. The monoisotopic (exact) mass is 322 g/mol. The van der Waals surface area contributed by atoms with Crippen molar-refractivity contribution in [3.63, 3.8) is 0 Å². The van der Waals surface area contributed by atoms with E-state index in [2.05, 4.69) is 0 Å². The quantitative estimate of drug-likeness (QED) is 0.555. The molecule has 5 nitrogen and oxygen atoms in total. The summed E-state index contributed by atoms with van der Waals surface area (Å²) in [6.45, 7) is -0.203. The molecule has 0 amide bonds. The zero-order chi connectivity index (χ0) is 16.5. The fourth-order valence-electron chi connectivity index (χ4n) is 3.26. The Labute approximate surface area is 137 Å².